The molecule has 0 saturated carbocycles. The van der Waals surface area contributed by atoms with Crippen LogP contribution in [0.5, 0.6) is 5.75 Å². The number of rotatable bonds is 6. The maximum Gasteiger partial charge on any atom is 0.326 e. The molecule has 3 aromatic rings. The van der Waals surface area contributed by atoms with E-state index in [0.29, 0.717) is 5.56 Å². The summed E-state index contributed by atoms with van der Waals surface area (Å²) in [7, 11) is 1.46. The summed E-state index contributed by atoms with van der Waals surface area (Å²) in [5.74, 6) is -2.42. The van der Waals surface area contributed by atoms with Crippen molar-refractivity contribution in [1.29, 1.82) is 0 Å². The van der Waals surface area contributed by atoms with Crippen molar-refractivity contribution in [2.24, 2.45) is 7.05 Å². The first-order valence-electron chi connectivity index (χ1n) is 11.1. The second kappa shape index (κ2) is 10.6. The molecule has 0 saturated heterocycles. The van der Waals surface area contributed by atoms with E-state index >= 15 is 0 Å². The third kappa shape index (κ3) is 6.26. The first-order valence-corrected chi connectivity index (χ1v) is 11.1. The molecular weight excluding hydrogens is 472 g/mol. The molecule has 36 heavy (non-hydrogen) atoms. The van der Waals surface area contributed by atoms with Crippen molar-refractivity contribution in [3.05, 3.63) is 76.7 Å². The van der Waals surface area contributed by atoms with Gasteiger partial charge in [0, 0.05) is 31.4 Å². The summed E-state index contributed by atoms with van der Waals surface area (Å²) in [6.45, 7) is 5.08. The van der Waals surface area contributed by atoms with E-state index < -0.39 is 40.5 Å². The second-order valence-electron chi connectivity index (χ2n) is 9.04. The first kappa shape index (κ1) is 26.4. The maximum atomic E-state index is 14.2. The Hall–Kier alpha value is -4.21. The molecule has 0 radical (unpaired) electrons. The number of urea groups is 1. The number of halogens is 2. The molecule has 3 rings (SSSR count). The maximum absolute atomic E-state index is 14.2. The molecule has 0 fully saturated rings. The number of anilines is 2. The van der Waals surface area contributed by atoms with Crippen LogP contribution in [0.3, 0.4) is 0 Å². The predicted octanol–water partition coefficient (Wildman–Crippen LogP) is 4.62. The van der Waals surface area contributed by atoms with Gasteiger partial charge in [-0.15, -0.1) is 0 Å². The Morgan fingerprint density at radius 3 is 2.36 bits per heavy atom. The van der Waals surface area contributed by atoms with Gasteiger partial charge < -0.3 is 19.7 Å². The average Bonchev–Trinajstić information content (AvgIpc) is 2.78. The molecule has 10 heteroatoms. The highest BCUT2D eigenvalue weighted by Crippen LogP contribution is 2.32. The summed E-state index contributed by atoms with van der Waals surface area (Å²) in [5, 5.41) is 13.0. The number of carbonyl (C=O) groups excluding carboxylic acids is 2. The predicted molar refractivity (Wildman–Crippen MR) is 131 cm³/mol. The fraction of sp³-hybridized carbons (Fsp3) is 0.269. The molecular formula is C26H27F2N3O5. The van der Waals surface area contributed by atoms with Crippen LogP contribution in [-0.4, -0.2) is 33.8 Å². The normalized spacial score (nSPS) is 11.2. The summed E-state index contributed by atoms with van der Waals surface area (Å²) in [6, 6.07) is 9.57. The molecule has 0 aliphatic heterocycles. The van der Waals surface area contributed by atoms with Gasteiger partial charge in [-0.05, 0) is 56.7 Å². The van der Waals surface area contributed by atoms with E-state index in [-0.39, 0.29) is 29.9 Å². The lowest BCUT2D eigenvalue weighted by molar-refractivity contribution is -0.154. The van der Waals surface area contributed by atoms with Crippen molar-refractivity contribution in [1.82, 2.24) is 9.88 Å². The van der Waals surface area contributed by atoms with Gasteiger partial charge in [0.05, 0.1) is 12.1 Å². The molecule has 2 N–H and O–H groups in total. The van der Waals surface area contributed by atoms with E-state index in [2.05, 4.69) is 5.32 Å². The Morgan fingerprint density at radius 1 is 1.08 bits per heavy atom. The van der Waals surface area contributed by atoms with E-state index in [4.69, 9.17) is 4.74 Å². The van der Waals surface area contributed by atoms with Crippen molar-refractivity contribution in [2.45, 2.75) is 32.8 Å². The zero-order valence-corrected chi connectivity index (χ0v) is 20.3. The molecule has 2 aromatic carbocycles. The number of amides is 2. The zero-order valence-electron chi connectivity index (χ0n) is 20.3. The topological polar surface area (TPSA) is 101 Å². The number of hydrogen-bond donors (Lipinski definition) is 2. The molecule has 1 heterocycles. The number of pyridine rings is 1. The molecule has 1 aromatic heterocycles. The van der Waals surface area contributed by atoms with Crippen LogP contribution in [0.2, 0.25) is 0 Å². The van der Waals surface area contributed by atoms with Crippen molar-refractivity contribution in [3.63, 3.8) is 0 Å². The summed E-state index contributed by atoms with van der Waals surface area (Å²) < 4.78 is 33.9. The lowest BCUT2D eigenvalue weighted by atomic mass is 10.0. The van der Waals surface area contributed by atoms with Crippen molar-refractivity contribution in [2.75, 3.05) is 11.4 Å². The van der Waals surface area contributed by atoms with Gasteiger partial charge in [-0.3, -0.25) is 14.5 Å². The van der Waals surface area contributed by atoms with E-state index in [1.807, 2.05) is 0 Å². The third-order valence-corrected chi connectivity index (χ3v) is 5.04. The highest BCUT2D eigenvalue weighted by molar-refractivity contribution is 6.00. The van der Waals surface area contributed by atoms with Gasteiger partial charge in [-0.1, -0.05) is 12.1 Å². The zero-order chi connectivity index (χ0) is 26.6. The number of nitrogens with zero attached hydrogens (tertiary/aromatic N) is 2. The number of ether oxygens (including phenoxy) is 1. The standard InChI is InChI=1S/C26H27F2N3O5/c1-26(2,3)36-22(33)11-13-29-25(35)31(23-21(32)12-14-30(4)24(23)34)18-8-5-16(6-9-18)19-10-7-17(27)15-20(19)28/h5-10,12,14-15,32H,11,13H2,1-4H3,(H,29,35). The Labute approximate surface area is 206 Å². The van der Waals surface area contributed by atoms with Gasteiger partial charge in [0.25, 0.3) is 5.56 Å². The number of benzene rings is 2. The van der Waals surface area contributed by atoms with Crippen molar-refractivity contribution < 1.29 is 28.2 Å². The number of aromatic hydroxyl groups is 1. The number of aromatic nitrogens is 1. The number of nitrogens with one attached hydrogen (secondary N) is 1. The second-order valence-corrected chi connectivity index (χ2v) is 9.04. The van der Waals surface area contributed by atoms with Crippen LogP contribution < -0.4 is 15.8 Å². The molecule has 8 nitrogen and oxygen atoms in total. The van der Waals surface area contributed by atoms with Crippen LogP contribution in [0.15, 0.2) is 59.5 Å². The van der Waals surface area contributed by atoms with Gasteiger partial charge in [-0.2, -0.15) is 0 Å². The Kier molecular flexibility index (Phi) is 7.77. The van der Waals surface area contributed by atoms with Crippen LogP contribution in [0.25, 0.3) is 11.1 Å². The van der Waals surface area contributed by atoms with Crippen molar-refractivity contribution in [3.8, 4) is 16.9 Å². The summed E-state index contributed by atoms with van der Waals surface area (Å²) in [5.41, 5.74) is -0.890. The molecule has 2 amide bonds. The fourth-order valence-electron chi connectivity index (χ4n) is 3.42. The summed E-state index contributed by atoms with van der Waals surface area (Å²) in [6.07, 6.45) is 1.23. The number of esters is 1. The first-order chi connectivity index (χ1) is 16.9. The molecule has 0 spiro atoms. The largest absolute Gasteiger partial charge is 0.505 e. The van der Waals surface area contributed by atoms with Crippen LogP contribution in [0, 0.1) is 11.6 Å². The number of aryl methyl sites for hydroxylation is 1. The highest BCUT2D eigenvalue weighted by atomic mass is 19.1. The minimum Gasteiger partial charge on any atom is -0.505 e. The lowest BCUT2D eigenvalue weighted by Gasteiger charge is -2.24. The number of carbonyl (C=O) groups is 2. The SMILES string of the molecule is Cn1ccc(O)c(N(C(=O)NCCC(=O)OC(C)(C)C)c2ccc(-c3ccc(F)cc3F)cc2)c1=O. The van der Waals surface area contributed by atoms with Crippen LogP contribution >= 0.6 is 0 Å². The van der Waals surface area contributed by atoms with Gasteiger partial charge in [0.2, 0.25) is 0 Å². The van der Waals surface area contributed by atoms with E-state index in [0.717, 1.165) is 17.0 Å². The van der Waals surface area contributed by atoms with E-state index in [1.165, 1.54) is 54.2 Å². The number of hydrogen-bond acceptors (Lipinski definition) is 5. The third-order valence-electron chi connectivity index (χ3n) is 5.04. The monoisotopic (exact) mass is 499 g/mol. The smallest absolute Gasteiger partial charge is 0.326 e. The van der Waals surface area contributed by atoms with Crippen LogP contribution in [-0.2, 0) is 16.6 Å². The molecule has 190 valence electrons. The van der Waals surface area contributed by atoms with E-state index in [9.17, 15) is 28.3 Å². The Balaban J connectivity index is 1.93. The Bertz CT molecular complexity index is 1330. The fourth-order valence-corrected chi connectivity index (χ4v) is 3.42. The molecule has 0 unspecified atom stereocenters. The lowest BCUT2D eigenvalue weighted by Crippen LogP contribution is -2.41. The minimum absolute atomic E-state index is 0.0863. The molecule has 0 atom stereocenters. The van der Waals surface area contributed by atoms with Gasteiger partial charge in [0.15, 0.2) is 5.69 Å². The van der Waals surface area contributed by atoms with Gasteiger partial charge >= 0.3 is 12.0 Å². The highest BCUT2D eigenvalue weighted by Gasteiger charge is 2.25. The van der Waals surface area contributed by atoms with Crippen LogP contribution in [0.1, 0.15) is 27.2 Å². The molecule has 0 aliphatic rings. The van der Waals surface area contributed by atoms with E-state index in [1.54, 1.807) is 20.8 Å². The van der Waals surface area contributed by atoms with Crippen LogP contribution in [0.4, 0.5) is 25.0 Å². The minimum atomic E-state index is -0.780. The average molecular weight is 500 g/mol. The summed E-state index contributed by atoms with van der Waals surface area (Å²) in [4.78, 5) is 39.0. The quantitative estimate of drug-likeness (QED) is 0.482. The van der Waals surface area contributed by atoms with Gasteiger partial charge in [-0.25, -0.2) is 13.6 Å². The Morgan fingerprint density at radius 2 is 1.75 bits per heavy atom. The van der Waals surface area contributed by atoms with Crippen molar-refractivity contribution >= 4 is 23.4 Å². The summed E-state index contributed by atoms with van der Waals surface area (Å²) >= 11 is 0. The molecule has 0 bridgehead atoms. The van der Waals surface area contributed by atoms with Gasteiger partial charge in [0.1, 0.15) is 23.0 Å². The molecule has 0 aliphatic carbocycles.